The molecular weight excluding hydrogens is 463 g/mol. The smallest absolute Gasteiger partial charge is 0.185 e. The summed E-state index contributed by atoms with van der Waals surface area (Å²) in [7, 11) is 7.17. The van der Waals surface area contributed by atoms with Gasteiger partial charge in [-0.2, -0.15) is 0 Å². The average molecular weight is 486 g/mol. The normalized spacial score (nSPS) is 41.1. The molecule has 0 spiro atoms. The lowest BCUT2D eigenvalue weighted by Crippen LogP contribution is -2.39. The molecule has 0 aromatic heterocycles. The summed E-state index contributed by atoms with van der Waals surface area (Å²) < 4.78 is 57.8. The lowest BCUT2D eigenvalue weighted by atomic mass is 9.93. The molecule has 2 fully saturated rings. The van der Waals surface area contributed by atoms with Crippen molar-refractivity contribution < 1.29 is 51.6 Å². The molecule has 10 atom stereocenters. The average Bonchev–Trinajstić information content (AvgIpc) is 3.01. The van der Waals surface area contributed by atoms with E-state index in [1.807, 2.05) is 0 Å². The van der Waals surface area contributed by atoms with E-state index in [1.54, 1.807) is 13.8 Å². The van der Waals surface area contributed by atoms with Gasteiger partial charge in [0.05, 0.1) is 19.3 Å². The monoisotopic (exact) mass is 486 g/mol. The molecular formula is C14H23B2FO10P2S-2. The van der Waals surface area contributed by atoms with Gasteiger partial charge in [-0.25, -0.2) is 11.1 Å². The third-order valence-corrected chi connectivity index (χ3v) is 6.14. The predicted molar refractivity (Wildman–Crippen MR) is 106 cm³/mol. The highest BCUT2D eigenvalue weighted by Crippen LogP contribution is 2.50. The van der Waals surface area contributed by atoms with Crippen LogP contribution < -0.4 is 4.89 Å². The first kappa shape index (κ1) is 26.8. The number of halogens is 1. The first-order valence-electron chi connectivity index (χ1n) is 8.95. The molecule has 170 valence electrons. The van der Waals surface area contributed by atoms with Crippen molar-refractivity contribution in [2.75, 3.05) is 13.2 Å². The zero-order valence-corrected chi connectivity index (χ0v) is 18.9. The zero-order chi connectivity index (χ0) is 22.9. The second-order valence-electron chi connectivity index (χ2n) is 7.10. The summed E-state index contributed by atoms with van der Waals surface area (Å²) >= 11 is 4.17. The molecule has 0 bridgehead atoms. The van der Waals surface area contributed by atoms with Gasteiger partial charge in [-0.3, -0.25) is 4.57 Å². The Morgan fingerprint density at radius 1 is 1.20 bits per heavy atom. The van der Waals surface area contributed by atoms with Gasteiger partial charge in [0.25, 0.3) is 0 Å². The van der Waals surface area contributed by atoms with Gasteiger partial charge >= 0.3 is 0 Å². The van der Waals surface area contributed by atoms with Crippen LogP contribution in [-0.2, 0) is 44.2 Å². The van der Waals surface area contributed by atoms with Crippen LogP contribution in [-0.4, -0.2) is 93.7 Å². The van der Waals surface area contributed by atoms with Crippen LogP contribution in [0.2, 0.25) is 0 Å². The third kappa shape index (κ3) is 7.57. The molecule has 4 unspecified atom stereocenters. The summed E-state index contributed by atoms with van der Waals surface area (Å²) in [6.07, 6.45) is -8.00. The summed E-state index contributed by atoms with van der Waals surface area (Å²) in [6, 6.07) is -2.41. The number of hydrogen-bond donors (Lipinski definition) is 2. The van der Waals surface area contributed by atoms with Crippen LogP contribution in [0.3, 0.4) is 0 Å². The highest BCUT2D eigenvalue weighted by atomic mass is 32.5. The van der Waals surface area contributed by atoms with Crippen molar-refractivity contribution in [2.45, 2.75) is 68.6 Å². The molecule has 10 nitrogen and oxygen atoms in total. The fraction of sp³-hybridized carbons (Fsp3) is 0.929. The first-order valence-corrected chi connectivity index (χ1v) is 13.3. The van der Waals surface area contributed by atoms with Crippen LogP contribution in [0, 0.1) is 6.66 Å². The molecule has 0 amide bonds. The first-order chi connectivity index (χ1) is 13.7. The molecule has 2 N–H and O–H groups in total. The van der Waals surface area contributed by atoms with Crippen molar-refractivity contribution in [3.05, 3.63) is 6.66 Å². The van der Waals surface area contributed by atoms with Gasteiger partial charge in [0, 0.05) is 12.0 Å². The Morgan fingerprint density at radius 3 is 2.33 bits per heavy atom. The third-order valence-electron chi connectivity index (χ3n) is 4.25. The van der Waals surface area contributed by atoms with Crippen LogP contribution in [0.5, 0.6) is 0 Å². The maximum absolute atomic E-state index is 14.5. The summed E-state index contributed by atoms with van der Waals surface area (Å²) in [5, 5.41) is 10.1. The number of aliphatic hydroxyl groups excluding tert-OH is 1. The van der Waals surface area contributed by atoms with Gasteiger partial charge in [-0.15, -0.1) is 0 Å². The van der Waals surface area contributed by atoms with E-state index in [0.717, 1.165) is 0 Å². The fourth-order valence-corrected chi connectivity index (χ4v) is 4.51. The minimum Gasteiger partial charge on any atom is -0.780 e. The Labute approximate surface area is 182 Å². The highest BCUT2D eigenvalue weighted by molar-refractivity contribution is 8.06. The summed E-state index contributed by atoms with van der Waals surface area (Å²) in [6.45, 7) is 1.50. The van der Waals surface area contributed by atoms with E-state index >= 15 is 0 Å². The molecule has 2 heterocycles. The number of alkyl halides is 1. The Morgan fingerprint density at radius 2 is 1.77 bits per heavy atom. The van der Waals surface area contributed by atoms with E-state index in [9.17, 15) is 19.0 Å². The van der Waals surface area contributed by atoms with Crippen molar-refractivity contribution in [1.29, 1.82) is 0 Å². The second kappa shape index (κ2) is 10.7. The lowest BCUT2D eigenvalue weighted by Gasteiger charge is -2.29. The van der Waals surface area contributed by atoms with Gasteiger partial charge < -0.3 is 42.7 Å². The van der Waals surface area contributed by atoms with E-state index in [0.29, 0.717) is 0 Å². The van der Waals surface area contributed by atoms with Crippen LogP contribution in [0.25, 0.3) is 0 Å². The van der Waals surface area contributed by atoms with Crippen molar-refractivity contribution in [2.24, 2.45) is 0 Å². The maximum atomic E-state index is 14.5. The molecule has 4 radical (unpaired) electrons. The molecule has 2 rings (SSSR count). The molecule has 2 saturated heterocycles. The van der Waals surface area contributed by atoms with E-state index in [-0.39, 0.29) is 12.7 Å². The molecule has 0 saturated carbocycles. The molecule has 16 heteroatoms. The predicted octanol–water partition coefficient (Wildman–Crippen LogP) is -0.754. The minimum absolute atomic E-state index is 0.256. The molecule has 2 aliphatic rings. The Balaban J connectivity index is 1.93. The lowest BCUT2D eigenvalue weighted by molar-refractivity contribution is -0.203. The van der Waals surface area contributed by atoms with E-state index in [4.69, 9.17) is 43.8 Å². The SMILES string of the molecule is [B][C@@H]1O[C@H](COP([CH2-])(=O)O[C@H]2C(F)[C@@H](COP([O-])(O)=S)O[C@H]2[B])C(OC(C)C)[C@@H]1O. The van der Waals surface area contributed by atoms with Crippen molar-refractivity contribution >= 4 is 41.8 Å². The number of rotatable bonds is 10. The Kier molecular flexibility index (Phi) is 9.54. The van der Waals surface area contributed by atoms with Crippen molar-refractivity contribution in [1.82, 2.24) is 0 Å². The van der Waals surface area contributed by atoms with Crippen LogP contribution in [0.1, 0.15) is 13.8 Å². The Bertz CT molecular complexity index is 673. The van der Waals surface area contributed by atoms with Crippen molar-refractivity contribution in [3.8, 4) is 0 Å². The van der Waals surface area contributed by atoms with Gasteiger partial charge in [0.2, 0.25) is 0 Å². The second-order valence-corrected chi connectivity index (χ2v) is 11.4. The quantitative estimate of drug-likeness (QED) is 0.229. The van der Waals surface area contributed by atoms with Crippen LogP contribution in [0.4, 0.5) is 4.39 Å². The topological polar surface area (TPSA) is 136 Å². The summed E-state index contributed by atoms with van der Waals surface area (Å²) in [5.41, 5.74) is 0. The van der Waals surface area contributed by atoms with Gasteiger partial charge in [0.1, 0.15) is 52.9 Å². The van der Waals surface area contributed by atoms with Gasteiger partial charge in [-0.05, 0) is 13.8 Å². The molecule has 2 aliphatic heterocycles. The number of aliphatic hydroxyl groups is 1. The summed E-state index contributed by atoms with van der Waals surface area (Å²) in [5.74, 6) is 0. The largest absolute Gasteiger partial charge is 0.780 e. The molecule has 0 aromatic carbocycles. The fourth-order valence-electron chi connectivity index (χ4n) is 2.95. The highest BCUT2D eigenvalue weighted by Gasteiger charge is 2.46. The minimum atomic E-state index is -4.27. The van der Waals surface area contributed by atoms with Gasteiger partial charge in [0.15, 0.2) is 13.8 Å². The van der Waals surface area contributed by atoms with Gasteiger partial charge in [-0.1, -0.05) is 11.8 Å². The number of ether oxygens (including phenoxy) is 3. The van der Waals surface area contributed by atoms with Crippen LogP contribution in [0.15, 0.2) is 0 Å². The molecule has 0 aliphatic carbocycles. The standard InChI is InChI=1S/C14H24B2FO10P2S/c1-6(2)24-11-8(26-13(15)10(11)18)5-22-28(3,19)27-12-9(17)7(25-14(12)16)4-23-29(20,21)30/h6-14,18H,3-5H2,1-2H3,(H2,20,21,30)/q-1/p-1/t7-,8-,9?,10+,11?,12+,13-,14-,28?/m1/s1. The molecule has 0 aromatic rings. The summed E-state index contributed by atoms with van der Waals surface area (Å²) in [4.78, 5) is 20.0. The zero-order valence-electron chi connectivity index (χ0n) is 16.3. The van der Waals surface area contributed by atoms with E-state index in [2.05, 4.69) is 23.0 Å². The van der Waals surface area contributed by atoms with Crippen molar-refractivity contribution in [3.63, 3.8) is 0 Å². The Hall–Kier alpha value is 0.580. The number of hydrogen-bond acceptors (Lipinski definition) is 10. The van der Waals surface area contributed by atoms with Crippen LogP contribution >= 0.6 is 14.3 Å². The van der Waals surface area contributed by atoms with E-state index in [1.165, 1.54) is 0 Å². The maximum Gasteiger partial charge on any atom is 0.185 e. The van der Waals surface area contributed by atoms with E-state index < -0.39 is 69.6 Å². The molecule has 30 heavy (non-hydrogen) atoms.